The van der Waals surface area contributed by atoms with Crippen molar-refractivity contribution in [2.75, 3.05) is 18.5 Å². The number of benzene rings is 1. The number of ether oxygens (including phenoxy) is 1. The van der Waals surface area contributed by atoms with Gasteiger partial charge in [0, 0.05) is 24.4 Å². The molecule has 0 spiro atoms. The first-order chi connectivity index (χ1) is 17.4. The third kappa shape index (κ3) is 5.42. The molecule has 0 saturated carbocycles. The molecule has 1 aliphatic heterocycles. The van der Waals surface area contributed by atoms with E-state index < -0.39 is 11.0 Å². The summed E-state index contributed by atoms with van der Waals surface area (Å²) in [5.74, 6) is -0.0627. The summed E-state index contributed by atoms with van der Waals surface area (Å²) >= 11 is 1.26. The molecule has 12 heteroatoms. The van der Waals surface area contributed by atoms with E-state index in [9.17, 15) is 25.0 Å². The number of hydrogen-bond donors (Lipinski definition) is 1. The third-order valence-corrected chi connectivity index (χ3v) is 6.78. The number of nitro groups is 1. The Hall–Kier alpha value is -4.50. The minimum Gasteiger partial charge on any atom is -0.445 e. The quantitative estimate of drug-likeness (QED) is 0.291. The fourth-order valence-electron chi connectivity index (χ4n) is 3.85. The lowest BCUT2D eigenvalue weighted by Gasteiger charge is -2.26. The summed E-state index contributed by atoms with van der Waals surface area (Å²) in [6, 6.07) is 11.6. The van der Waals surface area contributed by atoms with Crippen molar-refractivity contribution in [1.82, 2.24) is 14.5 Å². The topological polar surface area (TPSA) is 143 Å². The largest absolute Gasteiger partial charge is 0.445 e. The molecule has 184 valence electrons. The van der Waals surface area contributed by atoms with Crippen LogP contribution < -0.4 is 5.32 Å². The van der Waals surface area contributed by atoms with E-state index in [-0.39, 0.29) is 31.4 Å². The number of aromatic nitrogens is 2. The number of rotatable bonds is 7. The average Bonchev–Trinajstić information content (AvgIpc) is 3.42. The maximum atomic E-state index is 12.6. The molecular weight excluding hydrogens is 484 g/mol. The average molecular weight is 507 g/mol. The molecule has 0 aliphatic carbocycles. The first-order valence-corrected chi connectivity index (χ1v) is 11.9. The van der Waals surface area contributed by atoms with Crippen molar-refractivity contribution in [2.24, 2.45) is 0 Å². The third-order valence-electron chi connectivity index (χ3n) is 5.65. The van der Waals surface area contributed by atoms with Crippen molar-refractivity contribution in [1.29, 1.82) is 5.26 Å². The van der Waals surface area contributed by atoms with Crippen LogP contribution in [0.3, 0.4) is 0 Å². The molecule has 3 aromatic rings. The lowest BCUT2D eigenvalue weighted by molar-refractivity contribution is -0.392. The molecule has 0 radical (unpaired) electrons. The van der Waals surface area contributed by atoms with Crippen molar-refractivity contribution in [3.63, 3.8) is 0 Å². The van der Waals surface area contributed by atoms with E-state index in [1.54, 1.807) is 13.0 Å². The first-order valence-electron chi connectivity index (χ1n) is 11.0. The molecule has 0 fully saturated rings. The van der Waals surface area contributed by atoms with E-state index in [2.05, 4.69) is 16.4 Å². The van der Waals surface area contributed by atoms with Gasteiger partial charge in [0.15, 0.2) is 5.82 Å². The van der Waals surface area contributed by atoms with Crippen LogP contribution in [0, 0.1) is 28.4 Å². The van der Waals surface area contributed by atoms with Crippen LogP contribution in [0.1, 0.15) is 27.4 Å². The number of nitrogens with zero attached hydrogens (tertiary/aromatic N) is 5. The Morgan fingerprint density at radius 1 is 1.36 bits per heavy atom. The number of fused-ring (bicyclic) bond motifs is 1. The highest BCUT2D eigenvalue weighted by Crippen LogP contribution is 2.36. The Morgan fingerprint density at radius 3 is 2.86 bits per heavy atom. The van der Waals surface area contributed by atoms with Crippen LogP contribution in [0.4, 0.5) is 15.6 Å². The van der Waals surface area contributed by atoms with Gasteiger partial charge in [-0.3, -0.25) is 4.79 Å². The molecule has 0 unspecified atom stereocenters. The van der Waals surface area contributed by atoms with E-state index in [0.717, 1.165) is 16.0 Å². The highest BCUT2D eigenvalue weighted by Gasteiger charge is 2.28. The van der Waals surface area contributed by atoms with Crippen molar-refractivity contribution >= 4 is 40.2 Å². The molecule has 1 N–H and O–H groups in total. The Bertz CT molecular complexity index is 1370. The smallest absolute Gasteiger partial charge is 0.410 e. The van der Waals surface area contributed by atoms with Crippen molar-refractivity contribution in [3.05, 3.63) is 80.1 Å². The van der Waals surface area contributed by atoms with Gasteiger partial charge < -0.3 is 25.1 Å². The highest BCUT2D eigenvalue weighted by atomic mass is 32.1. The first kappa shape index (κ1) is 24.6. The summed E-state index contributed by atoms with van der Waals surface area (Å²) in [5, 5.41) is 24.0. The fraction of sp³-hybridized carbons (Fsp3) is 0.250. The van der Waals surface area contributed by atoms with Crippen LogP contribution in [0.2, 0.25) is 0 Å². The van der Waals surface area contributed by atoms with Crippen LogP contribution in [0.15, 0.2) is 42.6 Å². The van der Waals surface area contributed by atoms with E-state index >= 15 is 0 Å². The maximum Gasteiger partial charge on any atom is 0.410 e. The lowest BCUT2D eigenvalue weighted by atomic mass is 10.0. The molecule has 1 aromatic carbocycles. The second-order valence-electron chi connectivity index (χ2n) is 7.91. The Labute approximate surface area is 210 Å². The molecule has 4 rings (SSSR count). The van der Waals surface area contributed by atoms with Crippen LogP contribution in [0.5, 0.6) is 0 Å². The minimum atomic E-state index is -0.552. The molecule has 3 heterocycles. The second kappa shape index (κ2) is 10.8. The number of imidazole rings is 1. The Kier molecular flexibility index (Phi) is 7.41. The summed E-state index contributed by atoms with van der Waals surface area (Å²) in [6.07, 6.45) is 4.16. The molecule has 11 nitrogen and oxygen atoms in total. The van der Waals surface area contributed by atoms with E-state index in [4.69, 9.17) is 4.74 Å². The monoisotopic (exact) mass is 506 g/mol. The van der Waals surface area contributed by atoms with Crippen molar-refractivity contribution in [3.8, 4) is 6.07 Å². The summed E-state index contributed by atoms with van der Waals surface area (Å²) in [6.45, 7) is 2.29. The van der Waals surface area contributed by atoms with Gasteiger partial charge in [-0.05, 0) is 28.5 Å². The number of aryl methyl sites for hydroxylation is 1. The summed E-state index contributed by atoms with van der Waals surface area (Å²) in [7, 11) is 0. The number of nitrogens with one attached hydrogen (secondary N) is 1. The molecule has 2 amide bonds. The van der Waals surface area contributed by atoms with Gasteiger partial charge in [0.05, 0.1) is 12.1 Å². The lowest BCUT2D eigenvalue weighted by Crippen LogP contribution is -2.36. The fourth-order valence-corrected chi connectivity index (χ4v) is 5.07. The van der Waals surface area contributed by atoms with Crippen LogP contribution in [-0.4, -0.2) is 44.5 Å². The molecule has 36 heavy (non-hydrogen) atoms. The zero-order valence-corrected chi connectivity index (χ0v) is 20.2. The minimum absolute atomic E-state index is 0.0524. The van der Waals surface area contributed by atoms with E-state index in [1.807, 2.05) is 30.3 Å². The molecule has 2 aromatic heterocycles. The second-order valence-corrected chi connectivity index (χ2v) is 9.02. The predicted molar refractivity (Wildman–Crippen MR) is 132 cm³/mol. The van der Waals surface area contributed by atoms with Gasteiger partial charge in [-0.25, -0.2) is 14.3 Å². The number of nitriles is 1. The molecule has 0 atom stereocenters. The van der Waals surface area contributed by atoms with Crippen LogP contribution >= 0.6 is 11.3 Å². The van der Waals surface area contributed by atoms with Crippen molar-refractivity contribution in [2.45, 2.75) is 26.4 Å². The normalized spacial score (nSPS) is 12.7. The Morgan fingerprint density at radius 2 is 2.14 bits per heavy atom. The van der Waals surface area contributed by atoms with E-state index in [1.165, 1.54) is 33.1 Å². The van der Waals surface area contributed by atoms with Gasteiger partial charge in [-0.2, -0.15) is 5.26 Å². The number of thiophene rings is 1. The SMILES string of the molecule is Cc1ncc([N+](=O)[O-])n1CCOC(=O)N1CCc2c(sc(NC(=O)/C=C/c3ccccc3)c2C#N)C1. The maximum absolute atomic E-state index is 12.6. The number of carbonyl (C=O) groups is 2. The summed E-state index contributed by atoms with van der Waals surface area (Å²) < 4.78 is 6.71. The molecular formula is C24H22N6O5S. The summed E-state index contributed by atoms with van der Waals surface area (Å²) in [5.41, 5.74) is 2.11. The highest BCUT2D eigenvalue weighted by molar-refractivity contribution is 7.16. The molecule has 1 aliphatic rings. The molecule has 0 bridgehead atoms. The van der Waals surface area contributed by atoms with Gasteiger partial charge >= 0.3 is 11.9 Å². The molecule has 0 saturated heterocycles. The van der Waals surface area contributed by atoms with Gasteiger partial charge in [-0.1, -0.05) is 30.3 Å². The standard InChI is InChI=1S/C24H22N6O5S/c1-16-26-14-22(30(33)34)29(16)11-12-35-24(32)28-10-9-18-19(13-25)23(36-20(18)15-28)27-21(31)8-7-17-5-3-2-4-6-17/h2-8,14H,9-12,15H2,1H3,(H,27,31)/b8-7+. The number of amides is 2. The van der Waals surface area contributed by atoms with E-state index in [0.29, 0.717) is 29.4 Å². The van der Waals surface area contributed by atoms with Crippen LogP contribution in [0.25, 0.3) is 6.08 Å². The zero-order chi connectivity index (χ0) is 25.7. The number of carbonyl (C=O) groups excluding carboxylic acids is 2. The van der Waals surface area contributed by atoms with Gasteiger partial charge in [-0.15, -0.1) is 11.3 Å². The Balaban J connectivity index is 1.37. The van der Waals surface area contributed by atoms with Gasteiger partial charge in [0.25, 0.3) is 0 Å². The van der Waals surface area contributed by atoms with Crippen molar-refractivity contribution < 1.29 is 19.2 Å². The zero-order valence-electron chi connectivity index (χ0n) is 19.3. The summed E-state index contributed by atoms with van der Waals surface area (Å²) in [4.78, 5) is 41.8. The number of anilines is 1. The predicted octanol–water partition coefficient (Wildman–Crippen LogP) is 3.88. The van der Waals surface area contributed by atoms with Gasteiger partial charge in [0.2, 0.25) is 5.91 Å². The number of hydrogen-bond acceptors (Lipinski definition) is 8. The van der Waals surface area contributed by atoms with Gasteiger partial charge in [0.1, 0.15) is 30.4 Å². The van der Waals surface area contributed by atoms with Crippen LogP contribution in [-0.2, 0) is 29.0 Å².